The Morgan fingerprint density at radius 3 is 2.83 bits per heavy atom. The van der Waals surface area contributed by atoms with Gasteiger partial charge in [-0.05, 0) is 24.6 Å². The van der Waals surface area contributed by atoms with Crippen LogP contribution in [-0.4, -0.2) is 9.96 Å². The van der Waals surface area contributed by atoms with Gasteiger partial charge in [0.1, 0.15) is 0 Å². The van der Waals surface area contributed by atoms with Gasteiger partial charge in [-0.15, -0.1) is 0 Å². The first-order chi connectivity index (χ1) is 5.74. The van der Waals surface area contributed by atoms with Gasteiger partial charge in [-0.2, -0.15) is 0 Å². The van der Waals surface area contributed by atoms with Crippen molar-refractivity contribution in [1.82, 2.24) is 0 Å². The van der Waals surface area contributed by atoms with E-state index in [2.05, 4.69) is 0 Å². The van der Waals surface area contributed by atoms with Crippen molar-refractivity contribution in [1.29, 1.82) is 0 Å². The summed E-state index contributed by atoms with van der Waals surface area (Å²) in [5.74, 6) is 0.709. The molecule has 0 radical (unpaired) electrons. The minimum atomic E-state index is -0.878. The van der Waals surface area contributed by atoms with Crippen molar-refractivity contribution in [3.8, 4) is 0 Å². The summed E-state index contributed by atoms with van der Waals surface area (Å²) in [4.78, 5) is 0.823. The lowest BCUT2D eigenvalue weighted by Gasteiger charge is -1.99. The molecule has 1 aromatic carbocycles. The van der Waals surface area contributed by atoms with Gasteiger partial charge in [0, 0.05) is 15.7 Å². The van der Waals surface area contributed by atoms with E-state index in [1.165, 1.54) is 0 Å². The zero-order valence-corrected chi connectivity index (χ0v) is 8.49. The molecule has 0 aliphatic carbocycles. The molecule has 1 aromatic rings. The van der Waals surface area contributed by atoms with Crippen LogP contribution in [0.2, 0.25) is 5.02 Å². The maximum absolute atomic E-state index is 11.4. The Labute approximate surface area is 80.2 Å². The van der Waals surface area contributed by atoms with E-state index in [0.29, 0.717) is 10.8 Å². The molecule has 66 valence electrons. The number of rotatable bonds is 3. The average Bonchev–Trinajstić information content (AvgIpc) is 2.05. The number of halogens is 1. The topological polar surface area (TPSA) is 17.1 Å². The molecule has 0 amide bonds. The van der Waals surface area contributed by atoms with Crippen molar-refractivity contribution in [3.05, 3.63) is 29.3 Å². The molecule has 0 aliphatic heterocycles. The van der Waals surface area contributed by atoms with Crippen LogP contribution in [0.5, 0.6) is 0 Å². The van der Waals surface area contributed by atoms with Gasteiger partial charge in [0.05, 0.1) is 10.8 Å². The molecule has 0 fully saturated rings. The Hall–Kier alpha value is -0.340. The average molecular weight is 203 g/mol. The Balaban J connectivity index is 2.81. The standard InChI is InChI=1S/C9H11ClOS/c1-2-6-12(11)9-5-3-4-8(10)7-9/h3-5,7H,2,6H2,1H3. The summed E-state index contributed by atoms with van der Waals surface area (Å²) >= 11 is 5.75. The summed E-state index contributed by atoms with van der Waals surface area (Å²) in [5.41, 5.74) is 0. The second-order valence-corrected chi connectivity index (χ2v) is 4.51. The predicted octanol–water partition coefficient (Wildman–Crippen LogP) is 2.86. The lowest BCUT2D eigenvalue weighted by molar-refractivity contribution is 0.682. The second kappa shape index (κ2) is 4.63. The van der Waals surface area contributed by atoms with Crippen molar-refractivity contribution < 1.29 is 4.21 Å². The zero-order chi connectivity index (χ0) is 8.97. The number of hydrogen-bond acceptors (Lipinski definition) is 1. The van der Waals surface area contributed by atoms with Crippen LogP contribution in [0.1, 0.15) is 13.3 Å². The maximum Gasteiger partial charge on any atom is 0.0529 e. The first kappa shape index (κ1) is 9.75. The highest BCUT2D eigenvalue weighted by atomic mass is 35.5. The largest absolute Gasteiger partial charge is 0.254 e. The quantitative estimate of drug-likeness (QED) is 0.737. The van der Waals surface area contributed by atoms with Crippen molar-refractivity contribution in [2.24, 2.45) is 0 Å². The number of hydrogen-bond donors (Lipinski definition) is 0. The van der Waals surface area contributed by atoms with Crippen LogP contribution in [0.4, 0.5) is 0 Å². The molecule has 0 bridgehead atoms. The molecule has 1 nitrogen and oxygen atoms in total. The lowest BCUT2D eigenvalue weighted by atomic mass is 10.4. The Morgan fingerprint density at radius 2 is 2.25 bits per heavy atom. The molecule has 1 atom stereocenters. The summed E-state index contributed by atoms with van der Waals surface area (Å²) in [6, 6.07) is 7.21. The molecule has 0 spiro atoms. The molecular weight excluding hydrogens is 192 g/mol. The third-order valence-electron chi connectivity index (χ3n) is 1.45. The predicted molar refractivity (Wildman–Crippen MR) is 53.0 cm³/mol. The van der Waals surface area contributed by atoms with Gasteiger partial charge in [-0.25, -0.2) is 0 Å². The highest BCUT2D eigenvalue weighted by Crippen LogP contribution is 2.14. The highest BCUT2D eigenvalue weighted by molar-refractivity contribution is 7.85. The third kappa shape index (κ3) is 2.61. The summed E-state index contributed by atoms with van der Waals surface area (Å²) in [7, 11) is -0.878. The summed E-state index contributed by atoms with van der Waals surface area (Å²) in [6.07, 6.45) is 0.930. The molecular formula is C9H11ClOS. The van der Waals surface area contributed by atoms with Gasteiger partial charge < -0.3 is 0 Å². The SMILES string of the molecule is CCCS(=O)c1cccc(Cl)c1. The Kier molecular flexibility index (Phi) is 3.76. The summed E-state index contributed by atoms with van der Waals surface area (Å²) in [5, 5.41) is 0.650. The van der Waals surface area contributed by atoms with Crippen LogP contribution < -0.4 is 0 Å². The van der Waals surface area contributed by atoms with Crippen LogP contribution in [0.15, 0.2) is 29.2 Å². The fourth-order valence-corrected chi connectivity index (χ4v) is 2.26. The van der Waals surface area contributed by atoms with Crippen molar-refractivity contribution in [3.63, 3.8) is 0 Å². The molecule has 1 unspecified atom stereocenters. The van der Waals surface area contributed by atoms with Gasteiger partial charge in [-0.1, -0.05) is 24.6 Å². The van der Waals surface area contributed by atoms with Gasteiger partial charge in [0.25, 0.3) is 0 Å². The van der Waals surface area contributed by atoms with E-state index in [-0.39, 0.29) is 0 Å². The van der Waals surface area contributed by atoms with E-state index >= 15 is 0 Å². The minimum Gasteiger partial charge on any atom is -0.254 e. The van der Waals surface area contributed by atoms with E-state index < -0.39 is 10.8 Å². The molecule has 0 aromatic heterocycles. The molecule has 0 heterocycles. The lowest BCUT2D eigenvalue weighted by Crippen LogP contribution is -1.95. The monoisotopic (exact) mass is 202 g/mol. The van der Waals surface area contributed by atoms with Crippen molar-refractivity contribution >= 4 is 22.4 Å². The van der Waals surface area contributed by atoms with Crippen LogP contribution in [0, 0.1) is 0 Å². The highest BCUT2D eigenvalue weighted by Gasteiger charge is 2.01. The van der Waals surface area contributed by atoms with Gasteiger partial charge >= 0.3 is 0 Å². The Morgan fingerprint density at radius 1 is 1.50 bits per heavy atom. The van der Waals surface area contributed by atoms with E-state index in [1.54, 1.807) is 12.1 Å². The van der Waals surface area contributed by atoms with E-state index in [9.17, 15) is 4.21 Å². The fourth-order valence-electron chi connectivity index (χ4n) is 0.912. The van der Waals surface area contributed by atoms with Gasteiger partial charge in [0.2, 0.25) is 0 Å². The van der Waals surface area contributed by atoms with Crippen molar-refractivity contribution in [2.75, 3.05) is 5.75 Å². The summed E-state index contributed by atoms with van der Waals surface area (Å²) < 4.78 is 11.4. The molecule has 12 heavy (non-hydrogen) atoms. The maximum atomic E-state index is 11.4. The normalized spacial score (nSPS) is 12.8. The first-order valence-corrected chi connectivity index (χ1v) is 5.57. The van der Waals surface area contributed by atoms with Crippen LogP contribution in [0.25, 0.3) is 0 Å². The van der Waals surface area contributed by atoms with E-state index in [0.717, 1.165) is 11.3 Å². The van der Waals surface area contributed by atoms with Gasteiger partial charge in [-0.3, -0.25) is 4.21 Å². The summed E-state index contributed by atoms with van der Waals surface area (Å²) in [6.45, 7) is 2.02. The molecule has 1 rings (SSSR count). The molecule has 0 saturated heterocycles. The zero-order valence-electron chi connectivity index (χ0n) is 6.92. The molecule has 0 aliphatic rings. The van der Waals surface area contributed by atoms with E-state index in [4.69, 9.17) is 11.6 Å². The second-order valence-electron chi connectivity index (χ2n) is 2.51. The Bertz CT molecular complexity index is 286. The van der Waals surface area contributed by atoms with Crippen molar-refractivity contribution in [2.45, 2.75) is 18.2 Å². The van der Waals surface area contributed by atoms with E-state index in [1.807, 2.05) is 19.1 Å². The van der Waals surface area contributed by atoms with Crippen LogP contribution >= 0.6 is 11.6 Å². The molecule has 3 heteroatoms. The van der Waals surface area contributed by atoms with Crippen LogP contribution in [-0.2, 0) is 10.8 Å². The fraction of sp³-hybridized carbons (Fsp3) is 0.333. The smallest absolute Gasteiger partial charge is 0.0529 e. The molecule has 0 N–H and O–H groups in total. The first-order valence-electron chi connectivity index (χ1n) is 3.88. The molecule has 0 saturated carbocycles. The third-order valence-corrected chi connectivity index (χ3v) is 3.24. The minimum absolute atomic E-state index is 0.650. The van der Waals surface area contributed by atoms with Gasteiger partial charge in [0.15, 0.2) is 0 Å². The van der Waals surface area contributed by atoms with Crippen LogP contribution in [0.3, 0.4) is 0 Å². The number of benzene rings is 1.